The standard InChI is InChI=1S/C10H10N4O3/c15-9(16)3-1-2-8-13-14-10(17-8)7-4-11-6-12-5-7/h4-6H,1-3H2,(H,15,16). The fourth-order valence-corrected chi connectivity index (χ4v) is 1.27. The van der Waals surface area contributed by atoms with Gasteiger partial charge in [0, 0.05) is 25.2 Å². The van der Waals surface area contributed by atoms with E-state index in [1.807, 2.05) is 0 Å². The minimum absolute atomic E-state index is 0.0894. The van der Waals surface area contributed by atoms with Crippen molar-refractivity contribution < 1.29 is 14.3 Å². The van der Waals surface area contributed by atoms with Crippen LogP contribution in [0.1, 0.15) is 18.7 Å². The molecule has 2 aromatic rings. The number of carbonyl (C=O) groups is 1. The summed E-state index contributed by atoms with van der Waals surface area (Å²) in [5.41, 5.74) is 0.643. The van der Waals surface area contributed by atoms with Crippen molar-refractivity contribution >= 4 is 5.97 Å². The Hall–Kier alpha value is -2.31. The minimum atomic E-state index is -0.832. The largest absolute Gasteiger partial charge is 0.481 e. The molecule has 0 aromatic carbocycles. The molecule has 17 heavy (non-hydrogen) atoms. The van der Waals surface area contributed by atoms with Crippen LogP contribution in [0, 0.1) is 0 Å². The first-order chi connectivity index (χ1) is 8.25. The van der Waals surface area contributed by atoms with E-state index in [2.05, 4.69) is 20.2 Å². The van der Waals surface area contributed by atoms with Crippen LogP contribution in [0.4, 0.5) is 0 Å². The molecule has 0 amide bonds. The van der Waals surface area contributed by atoms with Gasteiger partial charge in [0.1, 0.15) is 6.33 Å². The molecule has 0 fully saturated rings. The van der Waals surface area contributed by atoms with Crippen LogP contribution in [0.25, 0.3) is 11.5 Å². The Labute approximate surface area is 96.5 Å². The average Bonchev–Trinajstić information content (AvgIpc) is 2.78. The van der Waals surface area contributed by atoms with E-state index in [0.29, 0.717) is 30.2 Å². The van der Waals surface area contributed by atoms with Crippen LogP contribution in [0.15, 0.2) is 23.1 Å². The number of aromatic nitrogens is 4. The van der Waals surface area contributed by atoms with Crippen molar-refractivity contribution in [1.82, 2.24) is 20.2 Å². The Morgan fingerprint density at radius 3 is 2.76 bits per heavy atom. The summed E-state index contributed by atoms with van der Waals surface area (Å²) < 4.78 is 5.36. The molecule has 0 atom stereocenters. The smallest absolute Gasteiger partial charge is 0.303 e. The van der Waals surface area contributed by atoms with Crippen LogP contribution in [-0.4, -0.2) is 31.2 Å². The van der Waals surface area contributed by atoms with Crippen molar-refractivity contribution in [2.45, 2.75) is 19.3 Å². The van der Waals surface area contributed by atoms with E-state index in [0.717, 1.165) is 0 Å². The molecule has 2 heterocycles. The second-order valence-electron chi connectivity index (χ2n) is 3.38. The quantitative estimate of drug-likeness (QED) is 0.820. The van der Waals surface area contributed by atoms with Gasteiger partial charge in [-0.1, -0.05) is 0 Å². The molecule has 0 bridgehead atoms. The van der Waals surface area contributed by atoms with Crippen molar-refractivity contribution in [1.29, 1.82) is 0 Å². The Bertz CT molecular complexity index is 497. The van der Waals surface area contributed by atoms with E-state index in [1.165, 1.54) is 6.33 Å². The highest BCUT2D eigenvalue weighted by Crippen LogP contribution is 2.15. The highest BCUT2D eigenvalue weighted by molar-refractivity contribution is 5.66. The molecule has 7 heteroatoms. The van der Waals surface area contributed by atoms with Gasteiger partial charge in [0.05, 0.1) is 5.56 Å². The maximum atomic E-state index is 10.3. The van der Waals surface area contributed by atoms with Gasteiger partial charge in [0.2, 0.25) is 5.89 Å². The molecule has 0 saturated heterocycles. The van der Waals surface area contributed by atoms with E-state index in [-0.39, 0.29) is 6.42 Å². The van der Waals surface area contributed by atoms with Gasteiger partial charge in [0.25, 0.3) is 5.89 Å². The van der Waals surface area contributed by atoms with E-state index in [1.54, 1.807) is 12.4 Å². The van der Waals surface area contributed by atoms with E-state index in [9.17, 15) is 4.79 Å². The fourth-order valence-electron chi connectivity index (χ4n) is 1.27. The van der Waals surface area contributed by atoms with Gasteiger partial charge in [-0.15, -0.1) is 10.2 Å². The van der Waals surface area contributed by atoms with Crippen molar-refractivity contribution in [3.63, 3.8) is 0 Å². The van der Waals surface area contributed by atoms with Crippen molar-refractivity contribution in [3.8, 4) is 11.5 Å². The number of carboxylic acids is 1. The van der Waals surface area contributed by atoms with E-state index >= 15 is 0 Å². The Balaban J connectivity index is 1.99. The van der Waals surface area contributed by atoms with Crippen LogP contribution >= 0.6 is 0 Å². The van der Waals surface area contributed by atoms with Crippen LogP contribution in [0.5, 0.6) is 0 Å². The zero-order valence-corrected chi connectivity index (χ0v) is 8.91. The maximum absolute atomic E-state index is 10.3. The number of carboxylic acid groups (broad SMARTS) is 1. The second-order valence-corrected chi connectivity index (χ2v) is 3.38. The highest BCUT2D eigenvalue weighted by atomic mass is 16.4. The summed E-state index contributed by atoms with van der Waals surface area (Å²) in [5.74, 6) is -0.0674. The molecule has 0 spiro atoms. The predicted octanol–water partition coefficient (Wildman–Crippen LogP) is 0.934. The molecule has 1 N–H and O–H groups in total. The Morgan fingerprint density at radius 1 is 1.29 bits per heavy atom. The summed E-state index contributed by atoms with van der Waals surface area (Å²) in [7, 11) is 0. The predicted molar refractivity (Wildman–Crippen MR) is 55.9 cm³/mol. The molecular formula is C10H10N4O3. The lowest BCUT2D eigenvalue weighted by Crippen LogP contribution is -1.95. The first-order valence-electron chi connectivity index (χ1n) is 5.05. The van der Waals surface area contributed by atoms with Crippen LogP contribution in [0.3, 0.4) is 0 Å². The van der Waals surface area contributed by atoms with Gasteiger partial charge in [-0.25, -0.2) is 9.97 Å². The van der Waals surface area contributed by atoms with Crippen LogP contribution < -0.4 is 0 Å². The third-order valence-electron chi connectivity index (χ3n) is 2.06. The topological polar surface area (TPSA) is 102 Å². The molecule has 7 nitrogen and oxygen atoms in total. The van der Waals surface area contributed by atoms with Crippen LogP contribution in [0.2, 0.25) is 0 Å². The van der Waals surface area contributed by atoms with Crippen molar-refractivity contribution in [2.75, 3.05) is 0 Å². The zero-order valence-electron chi connectivity index (χ0n) is 8.91. The molecule has 0 saturated carbocycles. The molecule has 2 rings (SSSR count). The normalized spacial score (nSPS) is 10.4. The van der Waals surface area contributed by atoms with Gasteiger partial charge in [-0.2, -0.15) is 0 Å². The van der Waals surface area contributed by atoms with E-state index < -0.39 is 5.97 Å². The number of aliphatic carboxylic acids is 1. The summed E-state index contributed by atoms with van der Waals surface area (Å²) in [4.78, 5) is 18.0. The summed E-state index contributed by atoms with van der Waals surface area (Å²) in [6.07, 6.45) is 5.57. The molecule has 88 valence electrons. The first-order valence-corrected chi connectivity index (χ1v) is 5.05. The maximum Gasteiger partial charge on any atom is 0.303 e. The zero-order chi connectivity index (χ0) is 12.1. The second kappa shape index (κ2) is 5.15. The van der Waals surface area contributed by atoms with Gasteiger partial charge >= 0.3 is 5.97 Å². The van der Waals surface area contributed by atoms with E-state index in [4.69, 9.17) is 9.52 Å². The lowest BCUT2D eigenvalue weighted by Gasteiger charge is -1.92. The number of hydrogen-bond acceptors (Lipinski definition) is 6. The number of rotatable bonds is 5. The van der Waals surface area contributed by atoms with Crippen molar-refractivity contribution in [3.05, 3.63) is 24.6 Å². The third-order valence-corrected chi connectivity index (χ3v) is 2.06. The third kappa shape index (κ3) is 3.07. The number of hydrogen-bond donors (Lipinski definition) is 1. The molecule has 0 aliphatic carbocycles. The Morgan fingerprint density at radius 2 is 2.06 bits per heavy atom. The van der Waals surface area contributed by atoms with Crippen LogP contribution in [-0.2, 0) is 11.2 Å². The monoisotopic (exact) mass is 234 g/mol. The number of nitrogens with zero attached hydrogens (tertiary/aromatic N) is 4. The van der Waals surface area contributed by atoms with Gasteiger partial charge < -0.3 is 9.52 Å². The molecule has 0 aliphatic heterocycles. The molecule has 0 aliphatic rings. The fraction of sp³-hybridized carbons (Fsp3) is 0.300. The summed E-state index contributed by atoms with van der Waals surface area (Å²) >= 11 is 0. The summed E-state index contributed by atoms with van der Waals surface area (Å²) in [6, 6.07) is 0. The minimum Gasteiger partial charge on any atom is -0.481 e. The number of aryl methyl sites for hydroxylation is 1. The Kier molecular flexibility index (Phi) is 3.39. The summed E-state index contributed by atoms with van der Waals surface area (Å²) in [6.45, 7) is 0. The first kappa shape index (κ1) is 11.2. The molecule has 0 radical (unpaired) electrons. The highest BCUT2D eigenvalue weighted by Gasteiger charge is 2.09. The van der Waals surface area contributed by atoms with Gasteiger partial charge in [-0.05, 0) is 6.42 Å². The molecule has 2 aromatic heterocycles. The lowest BCUT2D eigenvalue weighted by atomic mass is 10.2. The van der Waals surface area contributed by atoms with Gasteiger partial charge in [-0.3, -0.25) is 4.79 Å². The summed E-state index contributed by atoms with van der Waals surface area (Å²) in [5, 5.41) is 16.2. The SMILES string of the molecule is O=C(O)CCCc1nnc(-c2cncnc2)o1. The molecular weight excluding hydrogens is 224 g/mol. The average molecular weight is 234 g/mol. The lowest BCUT2D eigenvalue weighted by molar-refractivity contribution is -0.137. The molecule has 0 unspecified atom stereocenters. The van der Waals surface area contributed by atoms with Gasteiger partial charge in [0.15, 0.2) is 0 Å². The van der Waals surface area contributed by atoms with Crippen molar-refractivity contribution in [2.24, 2.45) is 0 Å².